The van der Waals surface area contributed by atoms with Crippen LogP contribution in [0.1, 0.15) is 19.8 Å². The second kappa shape index (κ2) is 6.92. The number of hydrogen-bond donors (Lipinski definition) is 1. The summed E-state index contributed by atoms with van der Waals surface area (Å²) < 4.78 is 41.9. The molecule has 0 aliphatic rings. The lowest BCUT2D eigenvalue weighted by atomic mass is 10.4. The van der Waals surface area contributed by atoms with Crippen LogP contribution in [0.3, 0.4) is 0 Å². The Labute approximate surface area is 112 Å². The second-order valence-electron chi connectivity index (χ2n) is 3.83. The van der Waals surface area contributed by atoms with Crippen molar-refractivity contribution in [3.8, 4) is 0 Å². The van der Waals surface area contributed by atoms with Gasteiger partial charge in [-0.15, -0.1) is 0 Å². The predicted octanol–water partition coefficient (Wildman–Crippen LogP) is 1.73. The number of hydrogen-bond acceptors (Lipinski definition) is 4. The molecule has 0 saturated carbocycles. The van der Waals surface area contributed by atoms with Crippen molar-refractivity contribution in [2.75, 3.05) is 11.9 Å². The van der Waals surface area contributed by atoms with Crippen LogP contribution in [0, 0.1) is 0 Å². The van der Waals surface area contributed by atoms with Crippen molar-refractivity contribution in [2.24, 2.45) is 0 Å². The van der Waals surface area contributed by atoms with E-state index in [4.69, 9.17) is 0 Å². The molecule has 0 radical (unpaired) electrons. The highest BCUT2D eigenvalue weighted by atomic mass is 19.4. The molecule has 20 heavy (non-hydrogen) atoms. The van der Waals surface area contributed by atoms with Gasteiger partial charge in [0.25, 0.3) is 0 Å². The third kappa shape index (κ3) is 5.72. The highest BCUT2D eigenvalue weighted by molar-refractivity contribution is 6.01. The third-order valence-electron chi connectivity index (χ3n) is 2.20. The van der Waals surface area contributed by atoms with E-state index < -0.39 is 37.4 Å². The van der Waals surface area contributed by atoms with Gasteiger partial charge >= 0.3 is 12.1 Å². The van der Waals surface area contributed by atoms with Gasteiger partial charge in [-0.2, -0.15) is 18.3 Å². The number of ether oxygens (including phenoxy) is 1. The summed E-state index contributed by atoms with van der Waals surface area (Å²) in [5.74, 6) is -1.27. The first-order valence-electron chi connectivity index (χ1n) is 5.86. The summed E-state index contributed by atoms with van der Waals surface area (Å²) in [6, 6.07) is 1.35. The number of amides is 1. The number of alkyl halides is 3. The molecule has 1 aromatic rings. The molecule has 1 aromatic heterocycles. The van der Waals surface area contributed by atoms with Crippen LogP contribution in [0.5, 0.6) is 0 Å². The Kier molecular flexibility index (Phi) is 5.53. The number of rotatable bonds is 6. The quantitative estimate of drug-likeness (QED) is 0.640. The van der Waals surface area contributed by atoms with Crippen LogP contribution >= 0.6 is 0 Å². The lowest BCUT2D eigenvalue weighted by Crippen LogP contribution is -2.21. The first-order chi connectivity index (χ1) is 9.31. The van der Waals surface area contributed by atoms with Crippen molar-refractivity contribution >= 4 is 17.7 Å². The Hall–Kier alpha value is -2.06. The summed E-state index contributed by atoms with van der Waals surface area (Å²) in [6.07, 6.45) is -4.61. The van der Waals surface area contributed by atoms with Crippen LogP contribution in [0.15, 0.2) is 12.3 Å². The summed E-state index contributed by atoms with van der Waals surface area (Å²) in [7, 11) is 0. The van der Waals surface area contributed by atoms with Gasteiger partial charge in [0, 0.05) is 6.07 Å². The first kappa shape index (κ1) is 16.0. The van der Waals surface area contributed by atoms with Gasteiger partial charge < -0.3 is 10.1 Å². The van der Waals surface area contributed by atoms with Gasteiger partial charge in [-0.1, -0.05) is 0 Å². The number of aromatic nitrogens is 2. The van der Waals surface area contributed by atoms with Crippen LogP contribution in [0.4, 0.5) is 19.0 Å². The normalized spacial score (nSPS) is 11.2. The van der Waals surface area contributed by atoms with Gasteiger partial charge in [0.05, 0.1) is 25.8 Å². The van der Waals surface area contributed by atoms with E-state index in [2.05, 4.69) is 15.2 Å². The molecule has 0 unspecified atom stereocenters. The van der Waals surface area contributed by atoms with Gasteiger partial charge in [0.15, 0.2) is 0 Å². The Morgan fingerprint density at radius 1 is 1.45 bits per heavy atom. The van der Waals surface area contributed by atoms with Crippen molar-refractivity contribution in [2.45, 2.75) is 32.5 Å². The van der Waals surface area contributed by atoms with Crippen LogP contribution in [0.25, 0.3) is 0 Å². The zero-order chi connectivity index (χ0) is 15.2. The number of carbonyl (C=O) groups excluding carboxylic acids is 2. The molecule has 0 spiro atoms. The monoisotopic (exact) mass is 293 g/mol. The smallest absolute Gasteiger partial charge is 0.390 e. The molecule has 1 N–H and O–H groups in total. The third-order valence-corrected chi connectivity index (χ3v) is 2.20. The maximum Gasteiger partial charge on any atom is 0.390 e. The number of aryl methyl sites for hydroxylation is 1. The number of esters is 1. The molecule has 1 heterocycles. The minimum absolute atomic E-state index is 0.101. The molecule has 1 amide bonds. The standard InChI is InChI=1S/C11H14F3N3O3/c1-2-20-10(19)7-9(18)16-8-3-5-15-17(8)6-4-11(12,13)14/h3,5H,2,4,6-7H2,1H3,(H,16,18). The summed E-state index contributed by atoms with van der Waals surface area (Å²) in [5.41, 5.74) is 0. The fourth-order valence-corrected chi connectivity index (χ4v) is 1.38. The van der Waals surface area contributed by atoms with E-state index in [0.717, 1.165) is 4.68 Å². The molecular formula is C11H14F3N3O3. The summed E-state index contributed by atoms with van der Waals surface area (Å²) >= 11 is 0. The van der Waals surface area contributed by atoms with E-state index in [0.29, 0.717) is 0 Å². The fourth-order valence-electron chi connectivity index (χ4n) is 1.38. The average molecular weight is 293 g/mol. The van der Waals surface area contributed by atoms with E-state index in [1.165, 1.54) is 12.3 Å². The number of nitrogens with one attached hydrogen (secondary N) is 1. The van der Waals surface area contributed by atoms with Crippen molar-refractivity contribution in [1.82, 2.24) is 9.78 Å². The highest BCUT2D eigenvalue weighted by Gasteiger charge is 2.27. The van der Waals surface area contributed by atoms with E-state index in [1.54, 1.807) is 6.92 Å². The Bertz CT molecular complexity index is 471. The zero-order valence-corrected chi connectivity index (χ0v) is 10.7. The molecule has 112 valence electrons. The van der Waals surface area contributed by atoms with Gasteiger partial charge in [-0.3, -0.25) is 9.59 Å². The van der Waals surface area contributed by atoms with Crippen LogP contribution in [-0.2, 0) is 20.9 Å². The number of anilines is 1. The van der Waals surface area contributed by atoms with Crippen LogP contribution < -0.4 is 5.32 Å². The minimum Gasteiger partial charge on any atom is -0.466 e. The van der Waals surface area contributed by atoms with E-state index in [1.807, 2.05) is 0 Å². The van der Waals surface area contributed by atoms with Crippen LogP contribution in [0.2, 0.25) is 0 Å². The first-order valence-corrected chi connectivity index (χ1v) is 5.86. The molecule has 1 rings (SSSR count). The van der Waals surface area contributed by atoms with Crippen LogP contribution in [-0.4, -0.2) is 34.4 Å². The van der Waals surface area contributed by atoms with E-state index in [9.17, 15) is 22.8 Å². The summed E-state index contributed by atoms with van der Waals surface area (Å²) in [5, 5.41) is 5.98. The Morgan fingerprint density at radius 3 is 2.75 bits per heavy atom. The van der Waals surface area contributed by atoms with Crippen molar-refractivity contribution in [3.63, 3.8) is 0 Å². The molecule has 0 aliphatic carbocycles. The minimum atomic E-state index is -4.31. The fraction of sp³-hybridized carbons (Fsp3) is 0.545. The topological polar surface area (TPSA) is 73.2 Å². The summed E-state index contributed by atoms with van der Waals surface area (Å²) in [6.45, 7) is 1.34. The molecule has 0 aromatic carbocycles. The summed E-state index contributed by atoms with van der Waals surface area (Å²) in [4.78, 5) is 22.5. The van der Waals surface area contributed by atoms with Crippen molar-refractivity contribution in [1.29, 1.82) is 0 Å². The lowest BCUT2D eigenvalue weighted by Gasteiger charge is -2.10. The van der Waals surface area contributed by atoms with Gasteiger partial charge in [0.2, 0.25) is 5.91 Å². The molecule has 0 bridgehead atoms. The number of carbonyl (C=O) groups is 2. The number of halogens is 3. The van der Waals surface area contributed by atoms with Gasteiger partial charge in [-0.05, 0) is 6.92 Å². The molecule has 9 heteroatoms. The Morgan fingerprint density at radius 2 is 2.15 bits per heavy atom. The average Bonchev–Trinajstić information content (AvgIpc) is 2.72. The molecule has 0 saturated heterocycles. The van der Waals surface area contributed by atoms with Gasteiger partial charge in [-0.25, -0.2) is 4.68 Å². The van der Waals surface area contributed by atoms with E-state index in [-0.39, 0.29) is 12.4 Å². The lowest BCUT2D eigenvalue weighted by molar-refractivity contribution is -0.145. The predicted molar refractivity (Wildman–Crippen MR) is 62.8 cm³/mol. The zero-order valence-electron chi connectivity index (χ0n) is 10.7. The highest BCUT2D eigenvalue weighted by Crippen LogP contribution is 2.21. The molecule has 6 nitrogen and oxygen atoms in total. The molecular weight excluding hydrogens is 279 g/mol. The number of nitrogens with zero attached hydrogens (tertiary/aromatic N) is 2. The van der Waals surface area contributed by atoms with Gasteiger partial charge in [0.1, 0.15) is 12.2 Å². The van der Waals surface area contributed by atoms with Crippen molar-refractivity contribution < 1.29 is 27.5 Å². The molecule has 0 fully saturated rings. The SMILES string of the molecule is CCOC(=O)CC(=O)Nc1ccnn1CCC(F)(F)F. The van der Waals surface area contributed by atoms with Crippen molar-refractivity contribution in [3.05, 3.63) is 12.3 Å². The Balaban J connectivity index is 2.54. The largest absolute Gasteiger partial charge is 0.466 e. The van der Waals surface area contributed by atoms with E-state index >= 15 is 0 Å². The maximum atomic E-state index is 12.1. The second-order valence-corrected chi connectivity index (χ2v) is 3.83. The maximum absolute atomic E-state index is 12.1. The molecule has 0 atom stereocenters. The molecule has 0 aliphatic heterocycles.